The van der Waals surface area contributed by atoms with E-state index in [2.05, 4.69) is 20.9 Å². The number of hydrogen-bond donors (Lipinski definition) is 1. The number of carboxylic acids is 1. The van der Waals surface area contributed by atoms with E-state index in [4.69, 9.17) is 5.11 Å². The maximum Gasteiger partial charge on any atom is 0.417 e. The van der Waals surface area contributed by atoms with Crippen LogP contribution in [0.3, 0.4) is 0 Å². The summed E-state index contributed by atoms with van der Waals surface area (Å²) in [5.74, 6) is -1.42. The van der Waals surface area contributed by atoms with Gasteiger partial charge in [0.2, 0.25) is 0 Å². The summed E-state index contributed by atoms with van der Waals surface area (Å²) in [7, 11) is 0. The van der Waals surface area contributed by atoms with Crippen LogP contribution < -0.4 is 4.90 Å². The predicted molar refractivity (Wildman–Crippen MR) is 87.1 cm³/mol. The summed E-state index contributed by atoms with van der Waals surface area (Å²) in [5, 5.41) is 9.02. The highest BCUT2D eigenvalue weighted by Crippen LogP contribution is 2.44. The van der Waals surface area contributed by atoms with Gasteiger partial charge >= 0.3 is 18.3 Å². The average molecular weight is 457 g/mol. The third kappa shape index (κ3) is 5.34. The van der Waals surface area contributed by atoms with Gasteiger partial charge < -0.3 is 10.0 Å². The summed E-state index contributed by atoms with van der Waals surface area (Å²) in [5.41, 5.74) is -3.36. The number of carbonyl (C=O) groups is 1. The zero-order valence-electron chi connectivity index (χ0n) is 13.3. The van der Waals surface area contributed by atoms with E-state index in [0.717, 1.165) is 4.90 Å². The molecule has 11 heteroatoms. The first-order valence-corrected chi connectivity index (χ1v) is 8.03. The SMILES string of the molecule is O=C(O)CN(Cc1ccccn1)c1cc(C(F)(F)F)c(Br)c(C(F)(F)F)c1. The Labute approximate surface area is 157 Å². The maximum absolute atomic E-state index is 13.2. The van der Waals surface area contributed by atoms with Gasteiger partial charge in [-0.3, -0.25) is 9.78 Å². The number of halogens is 7. The summed E-state index contributed by atoms with van der Waals surface area (Å²) in [6.07, 6.45) is -8.78. The van der Waals surface area contributed by atoms with Crippen LogP contribution in [0.2, 0.25) is 0 Å². The fourth-order valence-corrected chi connectivity index (χ4v) is 2.97. The second-order valence-corrected chi connectivity index (χ2v) is 6.21. The number of alkyl halides is 6. The zero-order chi connectivity index (χ0) is 20.4. The number of pyridine rings is 1. The Kier molecular flexibility index (Phi) is 6.03. The maximum atomic E-state index is 13.2. The molecule has 0 bridgehead atoms. The van der Waals surface area contributed by atoms with Crippen LogP contribution in [0.15, 0.2) is 41.0 Å². The third-order valence-corrected chi connectivity index (χ3v) is 4.29. The molecular weight excluding hydrogens is 446 g/mol. The van der Waals surface area contributed by atoms with Gasteiger partial charge in [-0.1, -0.05) is 6.07 Å². The molecule has 27 heavy (non-hydrogen) atoms. The molecule has 0 unspecified atom stereocenters. The van der Waals surface area contributed by atoms with E-state index in [1.54, 1.807) is 12.1 Å². The van der Waals surface area contributed by atoms with Crippen molar-refractivity contribution in [3.05, 3.63) is 57.8 Å². The van der Waals surface area contributed by atoms with Crippen molar-refractivity contribution in [3.63, 3.8) is 0 Å². The van der Waals surface area contributed by atoms with Gasteiger partial charge in [0.1, 0.15) is 6.54 Å². The minimum atomic E-state index is -5.07. The molecule has 0 spiro atoms. The standard InChI is InChI=1S/C16H11BrF6N2O2/c17-14-11(15(18,19)20)5-10(6-12(14)16(21,22)23)25(8-13(26)27)7-9-3-1-2-4-24-9/h1-6H,7-8H2,(H,26,27). The summed E-state index contributed by atoms with van der Waals surface area (Å²) >= 11 is 2.37. The Morgan fingerprint density at radius 2 is 1.63 bits per heavy atom. The molecule has 146 valence electrons. The first-order valence-electron chi connectivity index (χ1n) is 7.24. The van der Waals surface area contributed by atoms with E-state index >= 15 is 0 Å². The Morgan fingerprint density at radius 1 is 1.07 bits per heavy atom. The molecular formula is C16H11BrF6N2O2. The highest BCUT2D eigenvalue weighted by Gasteiger charge is 2.41. The molecule has 0 fully saturated rings. The normalized spacial score (nSPS) is 12.1. The Hall–Kier alpha value is -2.30. The fourth-order valence-electron chi connectivity index (χ4n) is 2.29. The number of anilines is 1. The van der Waals surface area contributed by atoms with Gasteiger partial charge in [-0.15, -0.1) is 0 Å². The first kappa shape index (κ1) is 21.0. The molecule has 0 amide bonds. The van der Waals surface area contributed by atoms with E-state index in [1.807, 2.05) is 0 Å². The van der Waals surface area contributed by atoms with Crippen molar-refractivity contribution in [2.75, 3.05) is 11.4 Å². The van der Waals surface area contributed by atoms with Gasteiger partial charge in [0.15, 0.2) is 0 Å². The lowest BCUT2D eigenvalue weighted by Gasteiger charge is -2.25. The number of carboxylic acid groups (broad SMARTS) is 1. The van der Waals surface area contributed by atoms with Crippen LogP contribution in [-0.2, 0) is 23.7 Å². The van der Waals surface area contributed by atoms with Crippen LogP contribution in [0.25, 0.3) is 0 Å². The molecule has 1 N–H and O–H groups in total. The highest BCUT2D eigenvalue weighted by atomic mass is 79.9. The minimum Gasteiger partial charge on any atom is -0.480 e. The van der Waals surface area contributed by atoms with E-state index < -0.39 is 46.2 Å². The predicted octanol–water partition coefficient (Wildman–Crippen LogP) is 4.97. The topological polar surface area (TPSA) is 53.4 Å². The van der Waals surface area contributed by atoms with Gasteiger partial charge in [-0.05, 0) is 40.2 Å². The lowest BCUT2D eigenvalue weighted by molar-refractivity contribution is -0.144. The van der Waals surface area contributed by atoms with Crippen LogP contribution in [0.4, 0.5) is 32.0 Å². The lowest BCUT2D eigenvalue weighted by Crippen LogP contribution is -2.30. The summed E-state index contributed by atoms with van der Waals surface area (Å²) in [4.78, 5) is 15.9. The number of aliphatic carboxylic acids is 1. The molecule has 0 radical (unpaired) electrons. The van der Waals surface area contributed by atoms with Crippen molar-refractivity contribution in [2.24, 2.45) is 0 Å². The molecule has 2 aromatic rings. The minimum absolute atomic E-state index is 0.281. The van der Waals surface area contributed by atoms with Crippen molar-refractivity contribution in [3.8, 4) is 0 Å². The number of nitrogens with zero attached hydrogens (tertiary/aromatic N) is 2. The van der Waals surface area contributed by atoms with Gasteiger partial charge in [0.05, 0.1) is 23.4 Å². The van der Waals surface area contributed by atoms with Crippen LogP contribution in [-0.4, -0.2) is 22.6 Å². The molecule has 4 nitrogen and oxygen atoms in total. The van der Waals surface area contributed by atoms with E-state index in [0.29, 0.717) is 12.1 Å². The average Bonchev–Trinajstić information content (AvgIpc) is 2.52. The monoisotopic (exact) mass is 456 g/mol. The summed E-state index contributed by atoms with van der Waals surface area (Å²) in [6.45, 7) is -1.10. The van der Waals surface area contributed by atoms with Gasteiger partial charge in [-0.25, -0.2) is 0 Å². The van der Waals surface area contributed by atoms with Crippen LogP contribution >= 0.6 is 15.9 Å². The third-order valence-electron chi connectivity index (χ3n) is 3.44. The van der Waals surface area contributed by atoms with Gasteiger partial charge in [0, 0.05) is 16.4 Å². The second-order valence-electron chi connectivity index (χ2n) is 5.42. The first-order chi connectivity index (χ1) is 12.4. The Morgan fingerprint density at radius 3 is 2.04 bits per heavy atom. The zero-order valence-corrected chi connectivity index (χ0v) is 14.9. The lowest BCUT2D eigenvalue weighted by atomic mass is 10.1. The molecule has 0 saturated heterocycles. The van der Waals surface area contributed by atoms with Crippen molar-refractivity contribution in [1.29, 1.82) is 0 Å². The van der Waals surface area contributed by atoms with E-state index in [-0.39, 0.29) is 12.2 Å². The Bertz CT molecular complexity index is 789. The van der Waals surface area contributed by atoms with Crippen molar-refractivity contribution >= 4 is 27.6 Å². The molecule has 1 heterocycles. The summed E-state index contributed by atoms with van der Waals surface area (Å²) < 4.78 is 78.1. The number of hydrogen-bond acceptors (Lipinski definition) is 3. The van der Waals surface area contributed by atoms with E-state index in [1.165, 1.54) is 12.3 Å². The van der Waals surface area contributed by atoms with Gasteiger partial charge in [-0.2, -0.15) is 26.3 Å². The molecule has 0 atom stereocenters. The quantitative estimate of drug-likeness (QED) is 0.645. The van der Waals surface area contributed by atoms with Gasteiger partial charge in [0.25, 0.3) is 0 Å². The van der Waals surface area contributed by atoms with E-state index in [9.17, 15) is 31.1 Å². The largest absolute Gasteiger partial charge is 0.480 e. The van der Waals surface area contributed by atoms with Crippen LogP contribution in [0.1, 0.15) is 16.8 Å². The molecule has 0 aliphatic heterocycles. The molecule has 1 aromatic heterocycles. The molecule has 2 rings (SSSR count). The number of rotatable bonds is 5. The van der Waals surface area contributed by atoms with Crippen molar-refractivity contribution in [2.45, 2.75) is 18.9 Å². The smallest absolute Gasteiger partial charge is 0.417 e. The Balaban J connectivity index is 2.61. The number of aromatic nitrogens is 1. The number of benzene rings is 1. The second kappa shape index (κ2) is 7.75. The highest BCUT2D eigenvalue weighted by molar-refractivity contribution is 9.10. The molecule has 0 saturated carbocycles. The molecule has 0 aliphatic carbocycles. The fraction of sp³-hybridized carbons (Fsp3) is 0.250. The molecule has 0 aliphatic rings. The van der Waals surface area contributed by atoms with Crippen molar-refractivity contribution in [1.82, 2.24) is 4.98 Å². The van der Waals surface area contributed by atoms with Crippen LogP contribution in [0, 0.1) is 0 Å². The molecule has 1 aromatic carbocycles. The van der Waals surface area contributed by atoms with Crippen molar-refractivity contribution < 1.29 is 36.2 Å². The van der Waals surface area contributed by atoms with Crippen LogP contribution in [0.5, 0.6) is 0 Å². The summed E-state index contributed by atoms with van der Waals surface area (Å²) in [6, 6.07) is 5.55.